The third-order valence-corrected chi connectivity index (χ3v) is 5.54. The monoisotopic (exact) mass is 565 g/mol. The van der Waals surface area contributed by atoms with Gasteiger partial charge >= 0.3 is 0 Å². The summed E-state index contributed by atoms with van der Waals surface area (Å²) < 4.78 is 10.9. The van der Waals surface area contributed by atoms with Crippen LogP contribution in [0.25, 0.3) is 10.9 Å². The zero-order chi connectivity index (χ0) is 22.9. The van der Waals surface area contributed by atoms with Crippen LogP contribution < -0.4 is 20.1 Å². The lowest BCUT2D eigenvalue weighted by atomic mass is 10.1. The van der Waals surface area contributed by atoms with Crippen LogP contribution >= 0.6 is 24.0 Å². The van der Waals surface area contributed by atoms with E-state index in [-0.39, 0.29) is 30.0 Å². The maximum absolute atomic E-state index is 5.48. The number of ether oxygens (including phenoxy) is 2. The summed E-state index contributed by atoms with van der Waals surface area (Å²) in [4.78, 5) is 10.4. The Morgan fingerprint density at radius 2 is 1.82 bits per heavy atom. The van der Waals surface area contributed by atoms with Crippen molar-refractivity contribution in [2.75, 3.05) is 47.9 Å². The number of rotatable bonds is 10. The molecule has 0 aliphatic rings. The number of benzene rings is 2. The van der Waals surface area contributed by atoms with E-state index in [1.807, 2.05) is 12.1 Å². The SMILES string of the molecule is CCNC(=NCC(c1ccc(OC)c(OC)c1)N(C)C)NCCc1c[nH]c2ccccc12.I. The predicted molar refractivity (Wildman–Crippen MR) is 147 cm³/mol. The molecule has 8 heteroatoms. The number of guanidine groups is 1. The molecule has 3 rings (SSSR count). The lowest BCUT2D eigenvalue weighted by molar-refractivity contribution is 0.303. The van der Waals surface area contributed by atoms with Crippen LogP contribution in [0.5, 0.6) is 11.5 Å². The number of aromatic nitrogens is 1. The topological polar surface area (TPSA) is 73.9 Å². The van der Waals surface area contributed by atoms with Gasteiger partial charge in [-0.15, -0.1) is 24.0 Å². The van der Waals surface area contributed by atoms with E-state index in [4.69, 9.17) is 14.5 Å². The van der Waals surface area contributed by atoms with E-state index in [0.717, 1.165) is 42.5 Å². The fraction of sp³-hybridized carbons (Fsp3) is 0.400. The molecule has 180 valence electrons. The Morgan fingerprint density at radius 1 is 1.06 bits per heavy atom. The summed E-state index contributed by atoms with van der Waals surface area (Å²) in [7, 11) is 7.43. The van der Waals surface area contributed by atoms with Gasteiger partial charge in [0.1, 0.15) is 0 Å². The molecule has 0 spiro atoms. The molecule has 1 heterocycles. The number of methoxy groups -OCH3 is 2. The summed E-state index contributed by atoms with van der Waals surface area (Å²) in [6, 6.07) is 14.5. The number of hydrogen-bond donors (Lipinski definition) is 3. The van der Waals surface area contributed by atoms with Gasteiger partial charge in [0.05, 0.1) is 26.8 Å². The molecule has 3 N–H and O–H groups in total. The fourth-order valence-corrected chi connectivity index (χ4v) is 3.80. The third kappa shape index (κ3) is 7.01. The second kappa shape index (κ2) is 13.3. The minimum absolute atomic E-state index is 0. The van der Waals surface area contributed by atoms with Gasteiger partial charge in [-0.25, -0.2) is 0 Å². The summed E-state index contributed by atoms with van der Waals surface area (Å²) in [6.07, 6.45) is 3.01. The first kappa shape index (κ1) is 26.8. The van der Waals surface area contributed by atoms with Crippen LogP contribution in [-0.4, -0.2) is 63.8 Å². The molecule has 0 aliphatic carbocycles. The Labute approximate surface area is 214 Å². The number of aliphatic imine (C=N–C) groups is 1. The molecule has 0 aliphatic heterocycles. The summed E-state index contributed by atoms with van der Waals surface area (Å²) in [5.74, 6) is 2.27. The van der Waals surface area contributed by atoms with Crippen LogP contribution in [-0.2, 0) is 6.42 Å². The van der Waals surface area contributed by atoms with Crippen LogP contribution in [0.3, 0.4) is 0 Å². The quantitative estimate of drug-likeness (QED) is 0.195. The average Bonchev–Trinajstić information content (AvgIpc) is 3.22. The van der Waals surface area contributed by atoms with Crippen molar-refractivity contribution in [3.8, 4) is 11.5 Å². The molecule has 2 aromatic carbocycles. The molecule has 0 bridgehead atoms. The maximum Gasteiger partial charge on any atom is 0.191 e. The van der Waals surface area contributed by atoms with E-state index in [9.17, 15) is 0 Å². The summed E-state index contributed by atoms with van der Waals surface area (Å²) in [5, 5.41) is 8.10. The first-order valence-electron chi connectivity index (χ1n) is 11.0. The highest BCUT2D eigenvalue weighted by Gasteiger charge is 2.17. The Bertz CT molecular complexity index is 1030. The molecule has 0 saturated carbocycles. The first-order chi connectivity index (χ1) is 15.6. The largest absolute Gasteiger partial charge is 0.493 e. The van der Waals surface area contributed by atoms with Gasteiger partial charge in [-0.3, -0.25) is 4.99 Å². The van der Waals surface area contributed by atoms with Gasteiger partial charge in [0, 0.05) is 30.2 Å². The predicted octanol–water partition coefficient (Wildman–Crippen LogP) is 4.20. The normalized spacial score (nSPS) is 12.4. The summed E-state index contributed by atoms with van der Waals surface area (Å²) in [6.45, 7) is 4.30. The molecule has 3 aromatic rings. The second-order valence-electron chi connectivity index (χ2n) is 7.85. The fourth-order valence-electron chi connectivity index (χ4n) is 3.80. The van der Waals surface area contributed by atoms with Gasteiger partial charge in [0.2, 0.25) is 0 Å². The van der Waals surface area contributed by atoms with Gasteiger partial charge < -0.3 is 30.0 Å². The van der Waals surface area contributed by atoms with E-state index in [1.165, 1.54) is 16.5 Å². The van der Waals surface area contributed by atoms with Crippen LogP contribution in [0.4, 0.5) is 0 Å². The summed E-state index contributed by atoms with van der Waals surface area (Å²) >= 11 is 0. The van der Waals surface area contributed by atoms with E-state index < -0.39 is 0 Å². The number of fused-ring (bicyclic) bond motifs is 1. The van der Waals surface area contributed by atoms with Crippen LogP contribution in [0, 0.1) is 0 Å². The molecule has 0 saturated heterocycles. The second-order valence-corrected chi connectivity index (χ2v) is 7.85. The Kier molecular flexibility index (Phi) is 10.8. The Balaban J connectivity index is 0.00000385. The van der Waals surface area contributed by atoms with Crippen LogP contribution in [0.15, 0.2) is 53.7 Å². The molecular formula is C25H36IN5O2. The van der Waals surface area contributed by atoms with E-state index in [2.05, 4.69) is 78.1 Å². The third-order valence-electron chi connectivity index (χ3n) is 5.54. The van der Waals surface area contributed by atoms with Crippen molar-refractivity contribution in [2.45, 2.75) is 19.4 Å². The number of H-pyrrole nitrogens is 1. The van der Waals surface area contributed by atoms with Crippen molar-refractivity contribution in [1.29, 1.82) is 0 Å². The molecule has 0 fully saturated rings. The number of likely N-dealkylation sites (N-methyl/N-ethyl adjacent to an activating group) is 1. The van der Waals surface area contributed by atoms with Gasteiger partial charge in [0.25, 0.3) is 0 Å². The van der Waals surface area contributed by atoms with E-state index in [0.29, 0.717) is 6.54 Å². The Hall–Kier alpha value is -2.46. The number of aromatic amines is 1. The minimum Gasteiger partial charge on any atom is -0.493 e. The van der Waals surface area contributed by atoms with E-state index >= 15 is 0 Å². The first-order valence-corrected chi connectivity index (χ1v) is 11.0. The van der Waals surface area contributed by atoms with Crippen molar-refractivity contribution >= 4 is 40.8 Å². The highest BCUT2D eigenvalue weighted by molar-refractivity contribution is 14.0. The molecule has 0 amide bonds. The van der Waals surface area contributed by atoms with E-state index in [1.54, 1.807) is 14.2 Å². The highest BCUT2D eigenvalue weighted by atomic mass is 127. The number of para-hydroxylation sites is 1. The molecule has 33 heavy (non-hydrogen) atoms. The lowest BCUT2D eigenvalue weighted by Gasteiger charge is -2.24. The molecular weight excluding hydrogens is 529 g/mol. The number of hydrogen-bond acceptors (Lipinski definition) is 4. The van der Waals surface area contributed by atoms with Gasteiger partial charge in [-0.05, 0) is 56.8 Å². The van der Waals surface area contributed by atoms with Crippen molar-refractivity contribution in [2.24, 2.45) is 4.99 Å². The molecule has 0 radical (unpaired) electrons. The maximum atomic E-state index is 5.48. The van der Waals surface area contributed by atoms with Crippen LogP contribution in [0.1, 0.15) is 24.1 Å². The molecule has 1 atom stereocenters. The molecule has 1 aromatic heterocycles. The summed E-state index contributed by atoms with van der Waals surface area (Å²) in [5.41, 5.74) is 3.61. The van der Waals surface area contributed by atoms with Gasteiger partial charge in [-0.2, -0.15) is 0 Å². The standard InChI is InChI=1S/C25H35N5O2.HI/c1-6-26-25(27-14-13-19-16-28-21-10-8-7-9-20(19)21)29-17-22(30(2)3)18-11-12-23(31-4)24(15-18)32-5;/h7-12,15-16,22,28H,6,13-14,17H2,1-5H3,(H2,26,27,29);1H. The smallest absolute Gasteiger partial charge is 0.191 e. The van der Waals surface area contributed by atoms with Crippen LogP contribution in [0.2, 0.25) is 0 Å². The number of nitrogens with one attached hydrogen (secondary N) is 3. The van der Waals surface area contributed by atoms with Gasteiger partial charge in [0.15, 0.2) is 17.5 Å². The molecule has 7 nitrogen and oxygen atoms in total. The number of halogens is 1. The van der Waals surface area contributed by atoms with Crippen molar-refractivity contribution in [1.82, 2.24) is 20.5 Å². The zero-order valence-electron chi connectivity index (χ0n) is 20.1. The lowest BCUT2D eigenvalue weighted by Crippen LogP contribution is -2.39. The number of nitrogens with zero attached hydrogens (tertiary/aromatic N) is 2. The van der Waals surface area contributed by atoms with Crippen molar-refractivity contribution in [3.05, 3.63) is 59.8 Å². The highest BCUT2D eigenvalue weighted by Crippen LogP contribution is 2.31. The van der Waals surface area contributed by atoms with Gasteiger partial charge in [-0.1, -0.05) is 24.3 Å². The molecule has 1 unspecified atom stereocenters. The Morgan fingerprint density at radius 3 is 2.52 bits per heavy atom. The average molecular weight is 566 g/mol. The van der Waals surface area contributed by atoms with Crippen molar-refractivity contribution < 1.29 is 9.47 Å². The zero-order valence-corrected chi connectivity index (χ0v) is 22.5. The van der Waals surface area contributed by atoms with Crippen molar-refractivity contribution in [3.63, 3.8) is 0 Å². The minimum atomic E-state index is 0.